The van der Waals surface area contributed by atoms with Gasteiger partial charge in [0.1, 0.15) is 17.4 Å². The van der Waals surface area contributed by atoms with E-state index in [1.165, 1.54) is 0 Å². The van der Waals surface area contributed by atoms with Crippen molar-refractivity contribution in [3.63, 3.8) is 0 Å². The Morgan fingerprint density at radius 2 is 1.90 bits per heavy atom. The fraction of sp³-hybridized carbons (Fsp3) is 0.333. The van der Waals surface area contributed by atoms with Gasteiger partial charge in [0, 0.05) is 11.5 Å². The zero-order valence-electron chi connectivity index (χ0n) is 12.6. The number of ether oxygens (including phenoxy) is 1. The molecule has 0 bridgehead atoms. The Kier molecular flexibility index (Phi) is 4.34. The van der Waals surface area contributed by atoms with Gasteiger partial charge in [-0.15, -0.1) is 0 Å². The molecule has 1 aromatic carbocycles. The van der Waals surface area contributed by atoms with Crippen LogP contribution in [0.15, 0.2) is 24.3 Å². The molecule has 0 fully saturated rings. The standard InChI is InChI=1S/C15H19ClN4O/c1-9-5-6-10(16)11(7-9)21-13-8-12(20-17)18-14(19-13)15(2,3)4/h5-8H,17H2,1-4H3,(H,18,19,20). The molecule has 2 aromatic rings. The Balaban J connectivity index is 2.42. The van der Waals surface area contributed by atoms with E-state index in [9.17, 15) is 0 Å². The van der Waals surface area contributed by atoms with Crippen LogP contribution in [0.3, 0.4) is 0 Å². The van der Waals surface area contributed by atoms with Crippen molar-refractivity contribution in [3.05, 3.63) is 40.7 Å². The van der Waals surface area contributed by atoms with Gasteiger partial charge in [-0.3, -0.25) is 0 Å². The molecule has 0 aliphatic rings. The summed E-state index contributed by atoms with van der Waals surface area (Å²) in [6.45, 7) is 8.03. The average molecular weight is 307 g/mol. The van der Waals surface area contributed by atoms with Crippen LogP contribution in [0.25, 0.3) is 0 Å². The molecule has 2 rings (SSSR count). The second kappa shape index (κ2) is 5.87. The molecule has 1 heterocycles. The van der Waals surface area contributed by atoms with E-state index >= 15 is 0 Å². The first-order valence-corrected chi connectivity index (χ1v) is 6.97. The van der Waals surface area contributed by atoms with Crippen molar-refractivity contribution < 1.29 is 4.74 Å². The predicted octanol–water partition coefficient (Wildman–Crippen LogP) is 3.81. The molecule has 112 valence electrons. The van der Waals surface area contributed by atoms with Crippen molar-refractivity contribution in [2.45, 2.75) is 33.1 Å². The van der Waals surface area contributed by atoms with Gasteiger partial charge in [-0.25, -0.2) is 10.8 Å². The molecule has 0 unspecified atom stereocenters. The van der Waals surface area contributed by atoms with Crippen molar-refractivity contribution in [1.82, 2.24) is 9.97 Å². The van der Waals surface area contributed by atoms with Gasteiger partial charge in [-0.05, 0) is 24.6 Å². The fourth-order valence-electron chi connectivity index (χ4n) is 1.69. The molecule has 21 heavy (non-hydrogen) atoms. The summed E-state index contributed by atoms with van der Waals surface area (Å²) in [6, 6.07) is 7.20. The highest BCUT2D eigenvalue weighted by molar-refractivity contribution is 6.32. The molecule has 0 aliphatic carbocycles. The molecule has 5 nitrogen and oxygen atoms in total. The van der Waals surface area contributed by atoms with Gasteiger partial charge >= 0.3 is 0 Å². The highest BCUT2D eigenvalue weighted by atomic mass is 35.5. The maximum atomic E-state index is 6.14. The summed E-state index contributed by atoms with van der Waals surface area (Å²) in [5, 5.41) is 0.527. The minimum atomic E-state index is -0.221. The molecule has 0 spiro atoms. The average Bonchev–Trinajstić information content (AvgIpc) is 2.41. The summed E-state index contributed by atoms with van der Waals surface area (Å²) in [5.41, 5.74) is 3.36. The number of anilines is 1. The fourth-order valence-corrected chi connectivity index (χ4v) is 1.84. The second-order valence-electron chi connectivity index (χ2n) is 5.85. The van der Waals surface area contributed by atoms with E-state index in [2.05, 4.69) is 15.4 Å². The first-order chi connectivity index (χ1) is 9.79. The van der Waals surface area contributed by atoms with Crippen LogP contribution in [0.4, 0.5) is 5.82 Å². The third-order valence-electron chi connectivity index (χ3n) is 2.82. The minimum Gasteiger partial charge on any atom is -0.437 e. The van der Waals surface area contributed by atoms with Crippen LogP contribution < -0.4 is 16.0 Å². The number of aryl methyl sites for hydroxylation is 1. The third kappa shape index (κ3) is 3.83. The maximum absolute atomic E-state index is 6.14. The largest absolute Gasteiger partial charge is 0.437 e. The summed E-state index contributed by atoms with van der Waals surface area (Å²) in [6.07, 6.45) is 0. The first kappa shape index (κ1) is 15.5. The number of hydrogen-bond donors (Lipinski definition) is 2. The highest BCUT2D eigenvalue weighted by Gasteiger charge is 2.20. The lowest BCUT2D eigenvalue weighted by molar-refractivity contribution is 0.446. The smallest absolute Gasteiger partial charge is 0.224 e. The molecule has 0 saturated carbocycles. The van der Waals surface area contributed by atoms with Gasteiger partial charge < -0.3 is 10.2 Å². The molecular formula is C15H19ClN4O. The van der Waals surface area contributed by atoms with E-state index in [1.807, 2.05) is 39.8 Å². The van der Waals surface area contributed by atoms with E-state index in [0.29, 0.717) is 28.3 Å². The van der Waals surface area contributed by atoms with Gasteiger partial charge in [0.25, 0.3) is 0 Å². The normalized spacial score (nSPS) is 11.3. The summed E-state index contributed by atoms with van der Waals surface area (Å²) in [5.74, 6) is 7.54. The number of rotatable bonds is 3. The number of aromatic nitrogens is 2. The summed E-state index contributed by atoms with van der Waals surface area (Å²) < 4.78 is 5.79. The monoisotopic (exact) mass is 306 g/mol. The molecule has 1 aromatic heterocycles. The second-order valence-corrected chi connectivity index (χ2v) is 6.25. The van der Waals surface area contributed by atoms with E-state index in [0.717, 1.165) is 5.56 Å². The van der Waals surface area contributed by atoms with Crippen molar-refractivity contribution in [3.8, 4) is 11.6 Å². The third-order valence-corrected chi connectivity index (χ3v) is 3.13. The number of nitrogens with zero attached hydrogens (tertiary/aromatic N) is 2. The van der Waals surface area contributed by atoms with Crippen LogP contribution in [0.1, 0.15) is 32.2 Å². The van der Waals surface area contributed by atoms with E-state index in [-0.39, 0.29) is 5.41 Å². The number of benzene rings is 1. The Labute approximate surface area is 129 Å². The lowest BCUT2D eigenvalue weighted by Gasteiger charge is -2.18. The molecule has 0 atom stereocenters. The maximum Gasteiger partial charge on any atom is 0.224 e. The Morgan fingerprint density at radius 3 is 2.52 bits per heavy atom. The lowest BCUT2D eigenvalue weighted by atomic mass is 9.96. The zero-order valence-corrected chi connectivity index (χ0v) is 13.3. The van der Waals surface area contributed by atoms with Crippen molar-refractivity contribution >= 4 is 17.4 Å². The number of nitrogen functional groups attached to an aromatic ring is 1. The van der Waals surface area contributed by atoms with E-state index < -0.39 is 0 Å². The molecule has 6 heteroatoms. The number of nitrogens with two attached hydrogens (primary N) is 1. The summed E-state index contributed by atoms with van der Waals surface area (Å²) in [4.78, 5) is 8.78. The number of nitrogens with one attached hydrogen (secondary N) is 1. The zero-order chi connectivity index (χ0) is 15.6. The van der Waals surface area contributed by atoms with Crippen LogP contribution in [0, 0.1) is 6.92 Å². The predicted molar refractivity (Wildman–Crippen MR) is 84.8 cm³/mol. The van der Waals surface area contributed by atoms with Gasteiger partial charge in [-0.2, -0.15) is 4.98 Å². The summed E-state index contributed by atoms with van der Waals surface area (Å²) in [7, 11) is 0. The number of hydrogen-bond acceptors (Lipinski definition) is 5. The van der Waals surface area contributed by atoms with E-state index in [1.54, 1.807) is 12.1 Å². The number of halogens is 1. The van der Waals surface area contributed by atoms with Crippen LogP contribution in [0.2, 0.25) is 5.02 Å². The van der Waals surface area contributed by atoms with Crippen LogP contribution in [-0.4, -0.2) is 9.97 Å². The first-order valence-electron chi connectivity index (χ1n) is 6.60. The highest BCUT2D eigenvalue weighted by Crippen LogP contribution is 2.31. The topological polar surface area (TPSA) is 73.1 Å². The van der Waals surface area contributed by atoms with Gasteiger partial charge in [0.2, 0.25) is 5.88 Å². The van der Waals surface area contributed by atoms with Gasteiger partial charge in [0.05, 0.1) is 5.02 Å². The quantitative estimate of drug-likeness (QED) is 0.666. The van der Waals surface area contributed by atoms with Crippen LogP contribution >= 0.6 is 11.6 Å². The Hall–Kier alpha value is -1.85. The molecule has 0 radical (unpaired) electrons. The van der Waals surface area contributed by atoms with Crippen molar-refractivity contribution in [2.24, 2.45) is 5.84 Å². The van der Waals surface area contributed by atoms with Crippen molar-refractivity contribution in [1.29, 1.82) is 0 Å². The molecule has 3 N–H and O–H groups in total. The SMILES string of the molecule is Cc1ccc(Cl)c(Oc2cc(NN)nc(C(C)(C)C)n2)c1. The lowest BCUT2D eigenvalue weighted by Crippen LogP contribution is -2.19. The molecular weight excluding hydrogens is 288 g/mol. The Morgan fingerprint density at radius 1 is 1.19 bits per heavy atom. The number of hydrazine groups is 1. The van der Waals surface area contributed by atoms with Crippen LogP contribution in [0.5, 0.6) is 11.6 Å². The van der Waals surface area contributed by atoms with Crippen LogP contribution in [-0.2, 0) is 5.41 Å². The van der Waals surface area contributed by atoms with Gasteiger partial charge in [-0.1, -0.05) is 38.4 Å². The molecule has 0 amide bonds. The van der Waals surface area contributed by atoms with Gasteiger partial charge in [0.15, 0.2) is 0 Å². The minimum absolute atomic E-state index is 0.221. The Bertz CT molecular complexity index is 653. The summed E-state index contributed by atoms with van der Waals surface area (Å²) >= 11 is 6.14. The molecule has 0 aliphatic heterocycles. The van der Waals surface area contributed by atoms with E-state index in [4.69, 9.17) is 22.2 Å². The molecule has 0 saturated heterocycles. The van der Waals surface area contributed by atoms with Crippen molar-refractivity contribution in [2.75, 3.05) is 5.43 Å².